The molecule has 85 heavy (non-hydrogen) atoms. The topological polar surface area (TPSA) is 108 Å². The molecule has 0 spiro atoms. The van der Waals surface area contributed by atoms with Crippen molar-refractivity contribution in [2.45, 2.75) is 347 Å². The first-order valence-corrected chi connectivity index (χ1v) is 36.1. The molecule has 0 amide bonds. The van der Waals surface area contributed by atoms with Crippen molar-refractivity contribution >= 4 is 17.9 Å². The van der Waals surface area contributed by atoms with E-state index in [2.05, 4.69) is 86.8 Å². The number of hydrogen-bond donors (Lipinski definition) is 1. The van der Waals surface area contributed by atoms with E-state index in [9.17, 15) is 19.5 Å². The summed E-state index contributed by atoms with van der Waals surface area (Å²) in [6.45, 7) is 4.79. The van der Waals surface area contributed by atoms with E-state index in [-0.39, 0.29) is 32.2 Å². The van der Waals surface area contributed by atoms with Crippen molar-refractivity contribution in [3.8, 4) is 0 Å². The van der Waals surface area contributed by atoms with Crippen molar-refractivity contribution < 1.29 is 42.9 Å². The van der Waals surface area contributed by atoms with Crippen LogP contribution in [0.3, 0.4) is 0 Å². The average Bonchev–Trinajstić information content (AvgIpc) is 3.49. The maximum absolute atomic E-state index is 12.9. The average molecular weight is 1190 g/mol. The smallest absolute Gasteiger partial charge is 0.361 e. The fraction of sp³-hybridized carbons (Fsp3) is 0.803. The Balaban J connectivity index is 4.01. The third kappa shape index (κ3) is 68.1. The Bertz CT molecular complexity index is 1620. The van der Waals surface area contributed by atoms with Crippen LogP contribution in [0.4, 0.5) is 0 Å². The van der Waals surface area contributed by atoms with Crippen LogP contribution in [0.2, 0.25) is 0 Å². The van der Waals surface area contributed by atoms with E-state index in [0.717, 1.165) is 77.0 Å². The first kappa shape index (κ1) is 81.7. The van der Waals surface area contributed by atoms with Crippen molar-refractivity contribution in [3.63, 3.8) is 0 Å². The van der Waals surface area contributed by atoms with Gasteiger partial charge in [-0.05, 0) is 83.5 Å². The lowest BCUT2D eigenvalue weighted by Crippen LogP contribution is -2.40. The van der Waals surface area contributed by atoms with Crippen LogP contribution in [0.25, 0.3) is 0 Å². The molecule has 0 saturated heterocycles. The van der Waals surface area contributed by atoms with Crippen LogP contribution in [0.5, 0.6) is 0 Å². The van der Waals surface area contributed by atoms with Crippen LogP contribution < -0.4 is 0 Å². The number of likely N-dealkylation sites (N-methyl/N-ethyl adjacent to an activating group) is 1. The molecule has 9 nitrogen and oxygen atoms in total. The van der Waals surface area contributed by atoms with Gasteiger partial charge in [0.25, 0.3) is 6.29 Å². The van der Waals surface area contributed by atoms with E-state index < -0.39 is 24.3 Å². The SMILES string of the molecule is CC/C=C\C/C=C\C/C=C\C/C=C\CCCCCCCCCCCCC(=O)OC(COC(=O)CCCCCCCCCCCCCCCCCCCCCCCCCCC/C=C\C/C=C\CCCCCCC)COC(OCC[N+](C)(C)C)C(=O)O. The van der Waals surface area contributed by atoms with Gasteiger partial charge in [-0.1, -0.05) is 311 Å². The summed E-state index contributed by atoms with van der Waals surface area (Å²) in [5, 5.41) is 9.74. The number of carbonyl (C=O) groups excluding carboxylic acids is 2. The minimum Gasteiger partial charge on any atom is -0.477 e. The minimum absolute atomic E-state index is 0.182. The van der Waals surface area contributed by atoms with Crippen molar-refractivity contribution in [2.75, 3.05) is 47.5 Å². The maximum Gasteiger partial charge on any atom is 0.361 e. The molecule has 1 N–H and O–H groups in total. The quantitative estimate of drug-likeness (QED) is 0.0211. The number of carboxylic acids is 1. The first-order chi connectivity index (χ1) is 41.6. The van der Waals surface area contributed by atoms with Crippen LogP contribution in [-0.2, 0) is 33.3 Å². The monoisotopic (exact) mass is 1190 g/mol. The molecule has 0 aliphatic rings. The van der Waals surface area contributed by atoms with Gasteiger partial charge < -0.3 is 28.5 Å². The molecule has 0 rings (SSSR count). The zero-order valence-corrected chi connectivity index (χ0v) is 56.5. The lowest BCUT2D eigenvalue weighted by atomic mass is 10.0. The Hall–Kier alpha value is -3.27. The van der Waals surface area contributed by atoms with Crippen LogP contribution in [0, 0.1) is 0 Å². The Labute approximate surface area is 526 Å². The molecule has 9 heteroatoms. The molecule has 0 radical (unpaired) electrons. The zero-order chi connectivity index (χ0) is 61.9. The molecule has 0 bridgehead atoms. The highest BCUT2D eigenvalue weighted by atomic mass is 16.7. The second kappa shape index (κ2) is 66.7. The Morgan fingerprint density at radius 2 is 0.671 bits per heavy atom. The summed E-state index contributed by atoms with van der Waals surface area (Å²) in [4.78, 5) is 37.6. The summed E-state index contributed by atoms with van der Waals surface area (Å²) in [6, 6.07) is 0. The fourth-order valence-electron chi connectivity index (χ4n) is 10.5. The molecule has 2 atom stereocenters. The predicted octanol–water partition coefficient (Wildman–Crippen LogP) is 22.5. The van der Waals surface area contributed by atoms with Crippen LogP contribution in [-0.4, -0.2) is 87.4 Å². The summed E-state index contributed by atoms with van der Waals surface area (Å²) in [7, 11) is 5.98. The lowest BCUT2D eigenvalue weighted by molar-refractivity contribution is -0.870. The summed E-state index contributed by atoms with van der Waals surface area (Å²) < 4.78 is 23.0. The number of ether oxygens (including phenoxy) is 4. The van der Waals surface area contributed by atoms with Gasteiger partial charge in [0.05, 0.1) is 34.4 Å². The highest BCUT2D eigenvalue weighted by Crippen LogP contribution is 2.18. The molecule has 0 aromatic carbocycles. The number of unbranched alkanes of at least 4 members (excludes halogenated alkanes) is 40. The molecule has 0 aliphatic carbocycles. The molecule has 0 saturated carbocycles. The molecule has 0 aromatic rings. The first-order valence-electron chi connectivity index (χ1n) is 36.1. The number of aliphatic carboxylic acids is 1. The Morgan fingerprint density at radius 1 is 0.365 bits per heavy atom. The molecule has 0 fully saturated rings. The zero-order valence-electron chi connectivity index (χ0n) is 56.5. The number of carbonyl (C=O) groups is 3. The maximum atomic E-state index is 12.9. The molecule has 0 aliphatic heterocycles. The van der Waals surface area contributed by atoms with E-state index >= 15 is 0 Å². The number of hydrogen-bond acceptors (Lipinski definition) is 7. The van der Waals surface area contributed by atoms with Gasteiger partial charge in [-0.2, -0.15) is 0 Å². The van der Waals surface area contributed by atoms with E-state index in [1.165, 1.54) is 225 Å². The summed E-state index contributed by atoms with van der Waals surface area (Å²) in [5.41, 5.74) is 0. The summed E-state index contributed by atoms with van der Waals surface area (Å²) in [6.07, 6.45) is 86.0. The second-order valence-electron chi connectivity index (χ2n) is 25.5. The van der Waals surface area contributed by atoms with E-state index in [0.29, 0.717) is 23.9 Å². The molecular weight excluding hydrogens is 1050 g/mol. The number of rotatable bonds is 67. The van der Waals surface area contributed by atoms with Crippen LogP contribution >= 0.6 is 0 Å². The van der Waals surface area contributed by atoms with Gasteiger partial charge in [0.2, 0.25) is 0 Å². The third-order valence-electron chi connectivity index (χ3n) is 15.9. The normalized spacial score (nSPS) is 13.1. The Kier molecular flexibility index (Phi) is 64.1. The number of nitrogens with zero attached hydrogens (tertiary/aromatic N) is 1. The van der Waals surface area contributed by atoms with E-state index in [4.69, 9.17) is 18.9 Å². The molecule has 0 heterocycles. The van der Waals surface area contributed by atoms with Crippen molar-refractivity contribution in [1.29, 1.82) is 0 Å². The van der Waals surface area contributed by atoms with Crippen molar-refractivity contribution in [1.82, 2.24) is 0 Å². The molecular formula is C76H138NO8+. The summed E-state index contributed by atoms with van der Waals surface area (Å²) in [5.74, 6) is -1.99. The van der Waals surface area contributed by atoms with Gasteiger partial charge in [0, 0.05) is 12.8 Å². The highest BCUT2D eigenvalue weighted by Gasteiger charge is 2.25. The van der Waals surface area contributed by atoms with Gasteiger partial charge >= 0.3 is 17.9 Å². The number of carboxylic acid groups (broad SMARTS) is 1. The Morgan fingerprint density at radius 3 is 1.00 bits per heavy atom. The molecule has 2 unspecified atom stereocenters. The third-order valence-corrected chi connectivity index (χ3v) is 15.9. The van der Waals surface area contributed by atoms with Gasteiger partial charge in [-0.3, -0.25) is 9.59 Å². The summed E-state index contributed by atoms with van der Waals surface area (Å²) >= 11 is 0. The van der Waals surface area contributed by atoms with E-state index in [1.54, 1.807) is 0 Å². The molecule has 494 valence electrons. The minimum atomic E-state index is -1.51. The number of allylic oxidation sites excluding steroid dienone is 12. The number of quaternary nitrogens is 1. The van der Waals surface area contributed by atoms with Gasteiger partial charge in [0.1, 0.15) is 13.2 Å². The van der Waals surface area contributed by atoms with Gasteiger partial charge in [0.15, 0.2) is 6.10 Å². The van der Waals surface area contributed by atoms with Crippen LogP contribution in [0.1, 0.15) is 335 Å². The van der Waals surface area contributed by atoms with Gasteiger partial charge in [-0.15, -0.1) is 0 Å². The molecule has 0 aromatic heterocycles. The van der Waals surface area contributed by atoms with Crippen molar-refractivity contribution in [2.24, 2.45) is 0 Å². The number of esters is 2. The van der Waals surface area contributed by atoms with Crippen molar-refractivity contribution in [3.05, 3.63) is 72.9 Å². The standard InChI is InChI=1S/C76H137NO8/c1-6-8-10-12-14-16-18-20-22-24-26-28-30-31-32-33-34-35-36-37-38-39-40-41-42-43-45-46-48-50-52-54-56-58-60-62-64-66-73(78)83-70-72(71-84-76(75(80)81)82-69-68-77(3,4)5)85-74(79)67-65-63-61-59-57-55-53-51-49-47-44-29-27-25-23-21-19-17-15-13-11-9-7-2/h9,11,15,17-18,20-21,23-24,26-27,29,72,76H,6-8,10,12-14,16,19,22,25,28,30-71H2,1-5H3/p+1/b11-9-,17-15-,20-18-,23-21-,26-24-,29-27-. The largest absolute Gasteiger partial charge is 0.477 e. The van der Waals surface area contributed by atoms with Crippen LogP contribution in [0.15, 0.2) is 72.9 Å². The second-order valence-corrected chi connectivity index (χ2v) is 25.5. The van der Waals surface area contributed by atoms with E-state index in [1.807, 2.05) is 21.1 Å². The highest BCUT2D eigenvalue weighted by molar-refractivity contribution is 5.71. The lowest BCUT2D eigenvalue weighted by Gasteiger charge is -2.25. The predicted molar refractivity (Wildman–Crippen MR) is 364 cm³/mol. The fourth-order valence-corrected chi connectivity index (χ4v) is 10.5. The van der Waals surface area contributed by atoms with Gasteiger partial charge in [-0.25, -0.2) is 4.79 Å².